The van der Waals surface area contributed by atoms with E-state index >= 15 is 0 Å². The van der Waals surface area contributed by atoms with Crippen molar-refractivity contribution in [2.75, 3.05) is 13.6 Å². The van der Waals surface area contributed by atoms with Gasteiger partial charge in [-0.25, -0.2) is 13.1 Å². The van der Waals surface area contributed by atoms with Gasteiger partial charge in [0.15, 0.2) is 0 Å². The Balaban J connectivity index is 2.50. The molecule has 2 N–H and O–H groups in total. The third-order valence-electron chi connectivity index (χ3n) is 2.17. The average Bonchev–Trinajstić information content (AvgIpc) is 2.37. The Morgan fingerprint density at radius 3 is 2.56 bits per heavy atom. The zero-order valence-electron chi connectivity index (χ0n) is 10.1. The van der Waals surface area contributed by atoms with E-state index in [4.69, 9.17) is 0 Å². The molecule has 0 aliphatic carbocycles. The van der Waals surface area contributed by atoms with Crippen LogP contribution >= 0.6 is 0 Å². The zero-order valence-corrected chi connectivity index (χ0v) is 10.9. The van der Waals surface area contributed by atoms with Gasteiger partial charge >= 0.3 is 0 Å². The van der Waals surface area contributed by atoms with Crippen LogP contribution in [0.4, 0.5) is 0 Å². The van der Waals surface area contributed by atoms with Gasteiger partial charge in [0.1, 0.15) is 0 Å². The van der Waals surface area contributed by atoms with Gasteiger partial charge < -0.3 is 5.32 Å². The van der Waals surface area contributed by atoms with Crippen molar-refractivity contribution in [3.8, 4) is 0 Å². The summed E-state index contributed by atoms with van der Waals surface area (Å²) in [5.41, 5.74) is 0.800. The molecule has 1 aromatic carbocycles. The molecule has 0 bridgehead atoms. The molecular weight excluding hydrogens is 252 g/mol. The molecular formula is C12H16N2O3S. The minimum absolute atomic E-state index is 0.0845. The summed E-state index contributed by atoms with van der Waals surface area (Å²) >= 11 is 0. The van der Waals surface area contributed by atoms with Crippen LogP contribution in [0.1, 0.15) is 12.0 Å². The molecule has 18 heavy (non-hydrogen) atoms. The van der Waals surface area contributed by atoms with Gasteiger partial charge in [-0.1, -0.05) is 30.3 Å². The monoisotopic (exact) mass is 268 g/mol. The average molecular weight is 268 g/mol. The van der Waals surface area contributed by atoms with E-state index in [0.29, 0.717) is 0 Å². The fourth-order valence-electron chi connectivity index (χ4n) is 1.21. The van der Waals surface area contributed by atoms with E-state index in [9.17, 15) is 13.2 Å². The quantitative estimate of drug-likeness (QED) is 0.798. The maximum atomic E-state index is 11.5. The van der Waals surface area contributed by atoms with Crippen LogP contribution in [0, 0.1) is 0 Å². The highest BCUT2D eigenvalue weighted by atomic mass is 32.2. The van der Waals surface area contributed by atoms with Crippen molar-refractivity contribution in [2.45, 2.75) is 6.42 Å². The Bertz CT molecular complexity index is 509. The summed E-state index contributed by atoms with van der Waals surface area (Å²) in [6, 6.07) is 9.11. The second-order valence-corrected chi connectivity index (χ2v) is 5.23. The molecule has 0 saturated heterocycles. The molecule has 0 aliphatic rings. The predicted molar refractivity (Wildman–Crippen MR) is 71.1 cm³/mol. The summed E-state index contributed by atoms with van der Waals surface area (Å²) in [4.78, 5) is 10.9. The third kappa shape index (κ3) is 5.60. The smallest absolute Gasteiger partial charge is 0.233 e. The Morgan fingerprint density at radius 2 is 1.94 bits per heavy atom. The lowest BCUT2D eigenvalue weighted by atomic mass is 10.2. The first-order valence-electron chi connectivity index (χ1n) is 5.47. The molecule has 1 amide bonds. The van der Waals surface area contributed by atoms with Crippen molar-refractivity contribution in [1.29, 1.82) is 0 Å². The van der Waals surface area contributed by atoms with E-state index in [0.717, 1.165) is 11.0 Å². The number of carbonyl (C=O) groups excluding carboxylic acids is 1. The highest BCUT2D eigenvalue weighted by Crippen LogP contribution is 2.02. The van der Waals surface area contributed by atoms with E-state index in [1.807, 2.05) is 18.2 Å². The molecule has 1 rings (SSSR count). The van der Waals surface area contributed by atoms with Crippen LogP contribution in [0.15, 0.2) is 35.7 Å². The second-order valence-electron chi connectivity index (χ2n) is 3.58. The van der Waals surface area contributed by atoms with Crippen molar-refractivity contribution in [1.82, 2.24) is 10.0 Å². The molecule has 0 atom stereocenters. The normalized spacial score (nSPS) is 11.6. The Labute approximate surface area is 107 Å². The number of rotatable bonds is 6. The van der Waals surface area contributed by atoms with Crippen LogP contribution in [-0.2, 0) is 14.8 Å². The molecule has 0 aliphatic heterocycles. The molecule has 6 heteroatoms. The number of nitrogens with one attached hydrogen (secondary N) is 2. The first kappa shape index (κ1) is 14.4. The van der Waals surface area contributed by atoms with Crippen LogP contribution in [0.3, 0.4) is 0 Å². The van der Waals surface area contributed by atoms with Crippen LogP contribution in [-0.4, -0.2) is 27.9 Å². The van der Waals surface area contributed by atoms with Crippen molar-refractivity contribution >= 4 is 22.0 Å². The summed E-state index contributed by atoms with van der Waals surface area (Å²) < 4.78 is 25.4. The van der Waals surface area contributed by atoms with E-state index in [2.05, 4.69) is 10.0 Å². The molecule has 0 unspecified atom stereocenters. The lowest BCUT2D eigenvalue weighted by Gasteiger charge is -2.01. The van der Waals surface area contributed by atoms with Crippen molar-refractivity contribution in [3.63, 3.8) is 0 Å². The van der Waals surface area contributed by atoms with Gasteiger partial charge in [0, 0.05) is 25.4 Å². The summed E-state index contributed by atoms with van der Waals surface area (Å²) in [6.07, 6.45) is 1.62. The Hall–Kier alpha value is -1.66. The van der Waals surface area contributed by atoms with Crippen molar-refractivity contribution < 1.29 is 13.2 Å². The number of amides is 1. The van der Waals surface area contributed by atoms with Gasteiger partial charge in [-0.3, -0.25) is 4.79 Å². The molecule has 1 aromatic rings. The third-order valence-corrected chi connectivity index (χ3v) is 3.27. The van der Waals surface area contributed by atoms with Crippen LogP contribution in [0.2, 0.25) is 0 Å². The first-order chi connectivity index (χ1) is 8.53. The van der Waals surface area contributed by atoms with Crippen LogP contribution in [0.25, 0.3) is 6.08 Å². The molecule has 0 aromatic heterocycles. The lowest BCUT2D eigenvalue weighted by Crippen LogP contribution is -2.27. The highest BCUT2D eigenvalue weighted by Gasteiger charge is 2.05. The molecule has 98 valence electrons. The number of carbonyl (C=O) groups is 1. The van der Waals surface area contributed by atoms with Gasteiger partial charge in [-0.05, 0) is 11.6 Å². The Kier molecular flexibility index (Phi) is 5.54. The summed E-state index contributed by atoms with van der Waals surface area (Å²) in [5, 5.41) is 3.51. The van der Waals surface area contributed by atoms with E-state index in [1.54, 1.807) is 12.1 Å². The van der Waals surface area contributed by atoms with E-state index in [1.165, 1.54) is 13.1 Å². The molecule has 0 heterocycles. The van der Waals surface area contributed by atoms with Crippen molar-refractivity contribution in [3.05, 3.63) is 41.3 Å². The molecule has 0 radical (unpaired) electrons. The molecule has 5 nitrogen and oxygen atoms in total. The zero-order chi connectivity index (χ0) is 13.4. The minimum Gasteiger partial charge on any atom is -0.359 e. The molecule has 0 saturated carbocycles. The summed E-state index contributed by atoms with van der Waals surface area (Å²) in [6.45, 7) is 0.0845. The summed E-state index contributed by atoms with van der Waals surface area (Å²) in [5.74, 6) is -0.204. The van der Waals surface area contributed by atoms with Gasteiger partial charge in [-0.15, -0.1) is 0 Å². The van der Waals surface area contributed by atoms with Gasteiger partial charge in [0.2, 0.25) is 15.9 Å². The lowest BCUT2D eigenvalue weighted by molar-refractivity contribution is -0.120. The van der Waals surface area contributed by atoms with Gasteiger partial charge in [0.25, 0.3) is 0 Å². The fraction of sp³-hybridized carbons (Fsp3) is 0.250. The Morgan fingerprint density at radius 1 is 1.28 bits per heavy atom. The topological polar surface area (TPSA) is 75.3 Å². The largest absolute Gasteiger partial charge is 0.359 e. The second kappa shape index (κ2) is 6.93. The maximum absolute atomic E-state index is 11.5. The molecule has 0 fully saturated rings. The predicted octanol–water partition coefficient (Wildman–Crippen LogP) is 0.713. The standard InChI is InChI=1S/C12H16N2O3S/c1-13-12(15)7-9-14-18(16,17)10-8-11-5-3-2-4-6-11/h2-6,8,10,14H,7,9H2,1H3,(H,13,15). The number of benzene rings is 1. The number of hydrogen-bond acceptors (Lipinski definition) is 3. The number of sulfonamides is 1. The summed E-state index contributed by atoms with van der Waals surface area (Å²) in [7, 11) is -1.99. The van der Waals surface area contributed by atoms with Crippen LogP contribution in [0.5, 0.6) is 0 Å². The number of hydrogen-bond donors (Lipinski definition) is 2. The van der Waals surface area contributed by atoms with E-state index < -0.39 is 10.0 Å². The molecule has 0 spiro atoms. The van der Waals surface area contributed by atoms with Gasteiger partial charge in [-0.2, -0.15) is 0 Å². The van der Waals surface area contributed by atoms with Gasteiger partial charge in [0.05, 0.1) is 0 Å². The SMILES string of the molecule is CNC(=O)CCNS(=O)(=O)C=Cc1ccccc1. The van der Waals surface area contributed by atoms with Crippen LogP contribution < -0.4 is 10.0 Å². The van der Waals surface area contributed by atoms with E-state index in [-0.39, 0.29) is 18.9 Å². The first-order valence-corrected chi connectivity index (χ1v) is 7.01. The highest BCUT2D eigenvalue weighted by molar-refractivity contribution is 7.92. The fourth-order valence-corrected chi connectivity index (χ4v) is 2.03. The van der Waals surface area contributed by atoms with Crippen molar-refractivity contribution in [2.24, 2.45) is 0 Å². The maximum Gasteiger partial charge on any atom is 0.233 e. The minimum atomic E-state index is -3.49.